The van der Waals surface area contributed by atoms with Crippen molar-refractivity contribution in [1.29, 1.82) is 0 Å². The van der Waals surface area contributed by atoms with E-state index in [0.29, 0.717) is 5.92 Å². The predicted molar refractivity (Wildman–Crippen MR) is 72.7 cm³/mol. The van der Waals surface area contributed by atoms with Crippen LogP contribution in [-0.4, -0.2) is 6.61 Å². The molecule has 88 valence electrons. The summed E-state index contributed by atoms with van der Waals surface area (Å²) in [4.78, 5) is 0. The predicted octanol–water partition coefficient (Wildman–Crippen LogP) is 4.15. The Bertz CT molecular complexity index is 336. The first kappa shape index (κ1) is 12.2. The molecular formula is C13H17IO2. The summed E-state index contributed by atoms with van der Waals surface area (Å²) in [7, 11) is 0. The first-order valence-electron chi connectivity index (χ1n) is 5.71. The van der Waals surface area contributed by atoms with E-state index in [0.717, 1.165) is 24.7 Å². The van der Waals surface area contributed by atoms with Gasteiger partial charge in [-0.1, -0.05) is 26.0 Å². The lowest BCUT2D eigenvalue weighted by Gasteiger charge is -2.32. The SMILES string of the molecule is CC1COC(c2ccc(OI)cc2)CC1C. The van der Waals surface area contributed by atoms with Crippen LogP contribution in [-0.2, 0) is 4.74 Å². The first-order chi connectivity index (χ1) is 7.70. The summed E-state index contributed by atoms with van der Waals surface area (Å²) in [5.41, 5.74) is 1.26. The molecule has 0 saturated carbocycles. The zero-order chi connectivity index (χ0) is 11.5. The smallest absolute Gasteiger partial charge is 0.192 e. The van der Waals surface area contributed by atoms with Gasteiger partial charge >= 0.3 is 0 Å². The molecule has 1 aliphatic rings. The Morgan fingerprint density at radius 3 is 2.44 bits per heavy atom. The van der Waals surface area contributed by atoms with Gasteiger partial charge in [-0.3, -0.25) is 0 Å². The van der Waals surface area contributed by atoms with Crippen molar-refractivity contribution >= 4 is 23.0 Å². The fourth-order valence-electron chi connectivity index (χ4n) is 2.04. The molecule has 1 aromatic rings. The van der Waals surface area contributed by atoms with Gasteiger partial charge < -0.3 is 7.80 Å². The summed E-state index contributed by atoms with van der Waals surface area (Å²) in [5, 5.41) is 0. The van der Waals surface area contributed by atoms with Crippen LogP contribution in [0.4, 0.5) is 0 Å². The highest BCUT2D eigenvalue weighted by Crippen LogP contribution is 2.34. The van der Waals surface area contributed by atoms with Gasteiger partial charge in [0.1, 0.15) is 5.75 Å². The highest BCUT2D eigenvalue weighted by molar-refractivity contribution is 14.1. The second-order valence-electron chi connectivity index (χ2n) is 4.66. The number of halogens is 1. The molecule has 1 fully saturated rings. The molecule has 3 atom stereocenters. The van der Waals surface area contributed by atoms with Crippen LogP contribution in [0.2, 0.25) is 0 Å². The number of benzene rings is 1. The summed E-state index contributed by atoms with van der Waals surface area (Å²) >= 11 is 1.89. The van der Waals surface area contributed by atoms with E-state index >= 15 is 0 Å². The Labute approximate surface area is 111 Å². The van der Waals surface area contributed by atoms with Crippen LogP contribution < -0.4 is 3.07 Å². The molecule has 1 aliphatic heterocycles. The molecule has 1 aromatic carbocycles. The topological polar surface area (TPSA) is 18.5 Å². The molecule has 0 N–H and O–H groups in total. The zero-order valence-electron chi connectivity index (χ0n) is 9.65. The standard InChI is InChI=1S/C13H17IO2/c1-9-7-13(15-8-10(9)2)11-3-5-12(16-14)6-4-11/h3-6,9-10,13H,7-8H2,1-2H3. The molecule has 1 heterocycles. The molecule has 16 heavy (non-hydrogen) atoms. The van der Waals surface area contributed by atoms with E-state index in [1.54, 1.807) is 0 Å². The molecule has 2 rings (SSSR count). The number of rotatable bonds is 2. The minimum Gasteiger partial charge on any atom is -0.428 e. The lowest BCUT2D eigenvalue weighted by Crippen LogP contribution is -2.25. The maximum Gasteiger partial charge on any atom is 0.192 e. The third kappa shape index (κ3) is 2.69. The number of hydrogen-bond acceptors (Lipinski definition) is 2. The first-order valence-corrected chi connectivity index (χ1v) is 6.59. The molecule has 2 nitrogen and oxygen atoms in total. The second-order valence-corrected chi connectivity index (χ2v) is 5.10. The zero-order valence-corrected chi connectivity index (χ0v) is 11.8. The fraction of sp³-hybridized carbons (Fsp3) is 0.538. The highest BCUT2D eigenvalue weighted by Gasteiger charge is 2.26. The fourth-order valence-corrected chi connectivity index (χ4v) is 2.33. The van der Waals surface area contributed by atoms with Crippen molar-refractivity contribution in [2.75, 3.05) is 6.61 Å². The Balaban J connectivity index is 2.06. The minimum absolute atomic E-state index is 0.259. The minimum atomic E-state index is 0.259. The van der Waals surface area contributed by atoms with E-state index < -0.39 is 0 Å². The van der Waals surface area contributed by atoms with Crippen LogP contribution in [0.15, 0.2) is 24.3 Å². The van der Waals surface area contributed by atoms with E-state index in [1.807, 2.05) is 35.1 Å². The number of hydrogen-bond donors (Lipinski definition) is 0. The van der Waals surface area contributed by atoms with Crippen molar-refractivity contribution < 1.29 is 7.80 Å². The van der Waals surface area contributed by atoms with Crippen molar-refractivity contribution in [2.24, 2.45) is 11.8 Å². The highest BCUT2D eigenvalue weighted by atomic mass is 127. The van der Waals surface area contributed by atoms with Crippen molar-refractivity contribution in [2.45, 2.75) is 26.4 Å². The molecule has 1 saturated heterocycles. The van der Waals surface area contributed by atoms with Gasteiger partial charge in [0.15, 0.2) is 23.0 Å². The van der Waals surface area contributed by atoms with Crippen molar-refractivity contribution in [1.82, 2.24) is 0 Å². The van der Waals surface area contributed by atoms with Gasteiger partial charge in [0, 0.05) is 0 Å². The normalized spacial score (nSPS) is 30.1. The van der Waals surface area contributed by atoms with E-state index in [1.165, 1.54) is 5.56 Å². The van der Waals surface area contributed by atoms with Crippen LogP contribution in [0.3, 0.4) is 0 Å². The van der Waals surface area contributed by atoms with Crippen LogP contribution in [0.25, 0.3) is 0 Å². The van der Waals surface area contributed by atoms with E-state index in [-0.39, 0.29) is 6.10 Å². The van der Waals surface area contributed by atoms with Gasteiger partial charge in [-0.05, 0) is 36.0 Å². The molecule has 0 aromatic heterocycles. The summed E-state index contributed by atoms with van der Waals surface area (Å²) in [6.07, 6.45) is 1.38. The molecule has 0 amide bonds. The van der Waals surface area contributed by atoms with Gasteiger partial charge in [0.05, 0.1) is 12.7 Å². The molecule has 0 spiro atoms. The molecular weight excluding hydrogens is 315 g/mol. The molecule has 0 radical (unpaired) electrons. The number of ether oxygens (including phenoxy) is 1. The van der Waals surface area contributed by atoms with E-state index in [2.05, 4.69) is 26.0 Å². The third-order valence-corrected chi connectivity index (χ3v) is 3.97. The van der Waals surface area contributed by atoms with Crippen molar-refractivity contribution in [3.63, 3.8) is 0 Å². The maximum atomic E-state index is 5.88. The van der Waals surface area contributed by atoms with Crippen LogP contribution in [0.5, 0.6) is 5.75 Å². The molecule has 0 bridgehead atoms. The third-order valence-electron chi connectivity index (χ3n) is 3.46. The molecule has 3 heteroatoms. The van der Waals surface area contributed by atoms with Gasteiger partial charge in [-0.25, -0.2) is 0 Å². The van der Waals surface area contributed by atoms with Gasteiger partial charge in [-0.2, -0.15) is 0 Å². The van der Waals surface area contributed by atoms with Gasteiger partial charge in [0.2, 0.25) is 0 Å². The largest absolute Gasteiger partial charge is 0.428 e. The van der Waals surface area contributed by atoms with Crippen LogP contribution >= 0.6 is 23.0 Å². The lowest BCUT2D eigenvalue weighted by atomic mass is 9.86. The van der Waals surface area contributed by atoms with E-state index in [9.17, 15) is 0 Å². The second kappa shape index (κ2) is 5.36. The van der Waals surface area contributed by atoms with Gasteiger partial charge in [0.25, 0.3) is 0 Å². The Morgan fingerprint density at radius 2 is 1.88 bits per heavy atom. The summed E-state index contributed by atoms with van der Waals surface area (Å²) in [6.45, 7) is 5.44. The average molecular weight is 332 g/mol. The quantitative estimate of drug-likeness (QED) is 0.758. The van der Waals surface area contributed by atoms with Crippen molar-refractivity contribution in [3.05, 3.63) is 29.8 Å². The molecule has 3 unspecified atom stereocenters. The van der Waals surface area contributed by atoms with Crippen LogP contribution in [0, 0.1) is 11.8 Å². The Kier molecular flexibility index (Phi) is 4.08. The van der Waals surface area contributed by atoms with Crippen molar-refractivity contribution in [3.8, 4) is 5.75 Å². The average Bonchev–Trinajstić information content (AvgIpc) is 2.33. The lowest BCUT2D eigenvalue weighted by molar-refractivity contribution is -0.0383. The van der Waals surface area contributed by atoms with Crippen LogP contribution in [0.1, 0.15) is 31.9 Å². The van der Waals surface area contributed by atoms with Gasteiger partial charge in [-0.15, -0.1) is 0 Å². The van der Waals surface area contributed by atoms with E-state index in [4.69, 9.17) is 7.80 Å². The monoisotopic (exact) mass is 332 g/mol. The summed E-state index contributed by atoms with van der Waals surface area (Å²) in [5.74, 6) is 2.30. The Hall–Kier alpha value is -0.290. The summed E-state index contributed by atoms with van der Waals surface area (Å²) < 4.78 is 11.0. The maximum absolute atomic E-state index is 5.88. The molecule has 0 aliphatic carbocycles. The Morgan fingerprint density at radius 1 is 1.19 bits per heavy atom. The summed E-state index contributed by atoms with van der Waals surface area (Å²) in [6, 6.07) is 8.18.